The molecule has 1 aliphatic rings. The Morgan fingerprint density at radius 2 is 2.00 bits per heavy atom. The number of rotatable bonds is 5. The maximum Gasteiger partial charge on any atom is 0.279 e. The monoisotopic (exact) mass is 374 g/mol. The summed E-state index contributed by atoms with van der Waals surface area (Å²) >= 11 is 6.02. The van der Waals surface area contributed by atoms with Crippen LogP contribution in [-0.2, 0) is 4.79 Å². The van der Waals surface area contributed by atoms with E-state index in [1.54, 1.807) is 13.2 Å². The molecule has 1 saturated heterocycles. The van der Waals surface area contributed by atoms with Crippen molar-refractivity contribution in [1.29, 1.82) is 0 Å². The zero-order valence-corrected chi connectivity index (χ0v) is 16.0. The van der Waals surface area contributed by atoms with Gasteiger partial charge in [0.15, 0.2) is 6.54 Å². The van der Waals surface area contributed by atoms with Gasteiger partial charge in [-0.2, -0.15) is 0 Å². The fraction of sp³-hybridized carbons (Fsp3) is 0.350. The number of carbonyl (C=O) groups is 1. The van der Waals surface area contributed by atoms with Gasteiger partial charge in [0.05, 0.1) is 33.3 Å². The maximum atomic E-state index is 12.4. The van der Waals surface area contributed by atoms with E-state index in [-0.39, 0.29) is 5.91 Å². The minimum absolute atomic E-state index is 0.0280. The molecule has 0 aromatic heterocycles. The maximum absolute atomic E-state index is 12.4. The van der Waals surface area contributed by atoms with Crippen LogP contribution in [0.1, 0.15) is 5.56 Å². The predicted octanol–water partition coefficient (Wildman–Crippen LogP) is 2.00. The molecule has 6 heteroatoms. The molecular formula is C20H25ClN3O2+. The van der Waals surface area contributed by atoms with Crippen LogP contribution in [0.25, 0.3) is 0 Å². The number of piperazine rings is 1. The van der Waals surface area contributed by atoms with Crippen LogP contribution < -0.4 is 19.9 Å². The number of carbonyl (C=O) groups excluding carboxylic acids is 1. The molecule has 3 rings (SSSR count). The molecule has 2 aromatic carbocycles. The summed E-state index contributed by atoms with van der Waals surface area (Å²) in [7, 11) is 1.68. The standard InChI is InChI=1S/C20H24ClN3O2/c1-15-6-7-16(21)12-19(15)22-20(25)14-23-8-10-24(11-9-23)17-4-3-5-18(13-17)26-2/h3-7,12-13H,8-11,14H2,1-2H3,(H,22,25)/p+1. The van der Waals surface area contributed by atoms with Crippen LogP contribution in [0.15, 0.2) is 42.5 Å². The van der Waals surface area contributed by atoms with Gasteiger partial charge < -0.3 is 19.9 Å². The summed E-state index contributed by atoms with van der Waals surface area (Å²) in [6.07, 6.45) is 0. The van der Waals surface area contributed by atoms with E-state index in [4.69, 9.17) is 16.3 Å². The van der Waals surface area contributed by atoms with Crippen molar-refractivity contribution in [2.24, 2.45) is 0 Å². The molecule has 0 atom stereocenters. The van der Waals surface area contributed by atoms with Crippen LogP contribution >= 0.6 is 11.6 Å². The topological polar surface area (TPSA) is 46.0 Å². The van der Waals surface area contributed by atoms with Gasteiger partial charge in [-0.25, -0.2) is 0 Å². The smallest absolute Gasteiger partial charge is 0.279 e. The Hall–Kier alpha value is -2.24. The van der Waals surface area contributed by atoms with Gasteiger partial charge in [-0.05, 0) is 36.8 Å². The Labute approximate surface area is 159 Å². The van der Waals surface area contributed by atoms with Crippen molar-refractivity contribution in [1.82, 2.24) is 0 Å². The average Bonchev–Trinajstić information content (AvgIpc) is 2.65. The highest BCUT2D eigenvalue weighted by Crippen LogP contribution is 2.21. The summed E-state index contributed by atoms with van der Waals surface area (Å²) in [6.45, 7) is 6.14. The molecule has 1 aliphatic heterocycles. The summed E-state index contributed by atoms with van der Waals surface area (Å²) in [6, 6.07) is 13.7. The lowest BCUT2D eigenvalue weighted by Crippen LogP contribution is -3.15. The lowest BCUT2D eigenvalue weighted by atomic mass is 10.2. The van der Waals surface area contributed by atoms with Crippen molar-refractivity contribution in [3.63, 3.8) is 0 Å². The third kappa shape index (κ3) is 4.68. The van der Waals surface area contributed by atoms with E-state index < -0.39 is 0 Å². The molecule has 1 amide bonds. The fourth-order valence-electron chi connectivity index (χ4n) is 3.22. The van der Waals surface area contributed by atoms with Crippen LogP contribution in [-0.4, -0.2) is 45.7 Å². The van der Waals surface area contributed by atoms with Gasteiger partial charge in [-0.1, -0.05) is 23.7 Å². The molecule has 1 fully saturated rings. The molecule has 26 heavy (non-hydrogen) atoms. The SMILES string of the molecule is COc1cccc(N2CC[NH+](CC(=O)Nc3cc(Cl)ccc3C)CC2)c1. The van der Waals surface area contributed by atoms with Crippen LogP contribution in [0.3, 0.4) is 0 Å². The second-order valence-corrected chi connectivity index (χ2v) is 7.06. The molecular weight excluding hydrogens is 350 g/mol. The summed E-state index contributed by atoms with van der Waals surface area (Å²) < 4.78 is 5.30. The van der Waals surface area contributed by atoms with E-state index in [1.165, 1.54) is 10.6 Å². The van der Waals surface area contributed by atoms with Gasteiger partial charge in [-0.15, -0.1) is 0 Å². The van der Waals surface area contributed by atoms with Crippen LogP contribution in [0, 0.1) is 6.92 Å². The van der Waals surface area contributed by atoms with Gasteiger partial charge in [0.25, 0.3) is 5.91 Å². The van der Waals surface area contributed by atoms with E-state index in [0.717, 1.165) is 43.2 Å². The molecule has 0 spiro atoms. The number of benzene rings is 2. The van der Waals surface area contributed by atoms with Gasteiger partial charge in [0, 0.05) is 22.5 Å². The third-order valence-electron chi connectivity index (χ3n) is 4.77. The number of halogens is 1. The zero-order valence-electron chi connectivity index (χ0n) is 15.2. The molecule has 2 aromatic rings. The summed E-state index contributed by atoms with van der Waals surface area (Å²) in [5.74, 6) is 0.897. The molecule has 0 bridgehead atoms. The van der Waals surface area contributed by atoms with E-state index in [1.807, 2.05) is 31.2 Å². The lowest BCUT2D eigenvalue weighted by molar-refractivity contribution is -0.892. The molecule has 1 heterocycles. The molecule has 2 N–H and O–H groups in total. The van der Waals surface area contributed by atoms with Crippen molar-refractivity contribution in [2.45, 2.75) is 6.92 Å². The van der Waals surface area contributed by atoms with E-state index in [9.17, 15) is 4.79 Å². The Bertz CT molecular complexity index is 773. The summed E-state index contributed by atoms with van der Waals surface area (Å²) in [4.78, 5) is 16.0. The molecule has 0 radical (unpaired) electrons. The highest BCUT2D eigenvalue weighted by molar-refractivity contribution is 6.31. The number of quaternary nitrogens is 1. The summed E-state index contributed by atoms with van der Waals surface area (Å²) in [5, 5.41) is 3.61. The Morgan fingerprint density at radius 1 is 1.23 bits per heavy atom. The number of hydrogen-bond donors (Lipinski definition) is 2. The molecule has 0 aliphatic carbocycles. The number of nitrogens with one attached hydrogen (secondary N) is 2. The first-order valence-corrected chi connectivity index (χ1v) is 9.21. The van der Waals surface area contributed by atoms with Gasteiger partial charge in [-0.3, -0.25) is 4.79 Å². The second kappa shape index (κ2) is 8.43. The Morgan fingerprint density at radius 3 is 2.73 bits per heavy atom. The van der Waals surface area contributed by atoms with Crippen LogP contribution in [0.4, 0.5) is 11.4 Å². The van der Waals surface area contributed by atoms with E-state index in [0.29, 0.717) is 11.6 Å². The van der Waals surface area contributed by atoms with Crippen molar-refractivity contribution < 1.29 is 14.4 Å². The number of aryl methyl sites for hydroxylation is 1. The number of methoxy groups -OCH3 is 1. The number of hydrogen-bond acceptors (Lipinski definition) is 3. The fourth-order valence-corrected chi connectivity index (χ4v) is 3.39. The Kier molecular flexibility index (Phi) is 6.01. The Balaban J connectivity index is 1.52. The number of amides is 1. The van der Waals surface area contributed by atoms with E-state index >= 15 is 0 Å². The predicted molar refractivity (Wildman–Crippen MR) is 106 cm³/mol. The average molecular weight is 375 g/mol. The first kappa shape index (κ1) is 18.5. The first-order valence-electron chi connectivity index (χ1n) is 8.84. The quantitative estimate of drug-likeness (QED) is 0.841. The van der Waals surface area contributed by atoms with Gasteiger partial charge >= 0.3 is 0 Å². The summed E-state index contributed by atoms with van der Waals surface area (Å²) in [5.41, 5.74) is 2.97. The zero-order chi connectivity index (χ0) is 18.5. The largest absolute Gasteiger partial charge is 0.497 e. The van der Waals surface area contributed by atoms with Gasteiger partial charge in [0.1, 0.15) is 5.75 Å². The van der Waals surface area contributed by atoms with Gasteiger partial charge in [0.2, 0.25) is 0 Å². The minimum Gasteiger partial charge on any atom is -0.497 e. The molecule has 138 valence electrons. The second-order valence-electron chi connectivity index (χ2n) is 6.62. The minimum atomic E-state index is 0.0280. The number of ether oxygens (including phenoxy) is 1. The van der Waals surface area contributed by atoms with Crippen molar-refractivity contribution in [3.8, 4) is 5.75 Å². The van der Waals surface area contributed by atoms with Crippen molar-refractivity contribution in [3.05, 3.63) is 53.1 Å². The number of nitrogens with zero attached hydrogens (tertiary/aromatic N) is 1. The normalized spacial score (nSPS) is 15.0. The third-order valence-corrected chi connectivity index (χ3v) is 5.01. The van der Waals surface area contributed by atoms with Crippen molar-refractivity contribution >= 4 is 28.9 Å². The highest BCUT2D eigenvalue weighted by Gasteiger charge is 2.22. The highest BCUT2D eigenvalue weighted by atomic mass is 35.5. The van der Waals surface area contributed by atoms with Crippen molar-refractivity contribution in [2.75, 3.05) is 50.1 Å². The van der Waals surface area contributed by atoms with Crippen LogP contribution in [0.5, 0.6) is 5.75 Å². The van der Waals surface area contributed by atoms with E-state index in [2.05, 4.69) is 22.3 Å². The molecule has 0 unspecified atom stereocenters. The lowest BCUT2D eigenvalue weighted by Gasteiger charge is -2.33. The molecule has 5 nitrogen and oxygen atoms in total. The number of anilines is 2. The van der Waals surface area contributed by atoms with Crippen LogP contribution in [0.2, 0.25) is 5.02 Å². The first-order chi connectivity index (χ1) is 12.5. The molecule has 0 saturated carbocycles.